The molecular formula is C18H18F3N3O4. The first-order chi connectivity index (χ1) is 13.3. The van der Waals surface area contributed by atoms with Crippen molar-refractivity contribution in [3.63, 3.8) is 0 Å². The third-order valence-electron chi connectivity index (χ3n) is 4.27. The minimum absolute atomic E-state index is 0.0325. The molecule has 1 atom stereocenters. The molecule has 1 saturated carbocycles. The van der Waals surface area contributed by atoms with Gasteiger partial charge in [-0.25, -0.2) is 9.59 Å². The van der Waals surface area contributed by atoms with Gasteiger partial charge in [-0.1, -0.05) is 30.3 Å². The molecule has 10 heteroatoms. The molecule has 1 unspecified atom stereocenters. The number of alkyl halides is 3. The fourth-order valence-electron chi connectivity index (χ4n) is 2.75. The topological polar surface area (TPSA) is 84.7 Å². The second-order valence-corrected chi connectivity index (χ2v) is 6.45. The number of ether oxygens (including phenoxy) is 1. The Balaban J connectivity index is 1.72. The van der Waals surface area contributed by atoms with E-state index >= 15 is 0 Å². The maximum Gasteiger partial charge on any atom is 0.435 e. The van der Waals surface area contributed by atoms with Crippen molar-refractivity contribution in [1.82, 2.24) is 14.7 Å². The summed E-state index contributed by atoms with van der Waals surface area (Å²) < 4.78 is 44.2. The van der Waals surface area contributed by atoms with E-state index in [1.807, 2.05) is 6.07 Å². The number of benzene rings is 1. The maximum atomic E-state index is 12.7. The van der Waals surface area contributed by atoms with Crippen molar-refractivity contribution in [3.05, 3.63) is 53.9 Å². The zero-order valence-electron chi connectivity index (χ0n) is 14.7. The molecule has 1 aliphatic carbocycles. The Morgan fingerprint density at radius 1 is 1.25 bits per heavy atom. The summed E-state index contributed by atoms with van der Waals surface area (Å²) in [5, 5.41) is 12.9. The van der Waals surface area contributed by atoms with Gasteiger partial charge >= 0.3 is 18.2 Å². The number of hydrogen-bond acceptors (Lipinski definition) is 4. The summed E-state index contributed by atoms with van der Waals surface area (Å²) >= 11 is 0. The number of aromatic nitrogens is 2. The lowest BCUT2D eigenvalue weighted by molar-refractivity contribution is -0.143. The normalized spacial score (nSPS) is 15.1. The van der Waals surface area contributed by atoms with Gasteiger partial charge in [0.1, 0.15) is 6.61 Å². The number of halogens is 3. The molecule has 2 aromatic rings. The van der Waals surface area contributed by atoms with E-state index in [0.29, 0.717) is 12.8 Å². The molecule has 7 nitrogen and oxygen atoms in total. The van der Waals surface area contributed by atoms with Crippen molar-refractivity contribution in [1.29, 1.82) is 0 Å². The third kappa shape index (κ3) is 4.81. The van der Waals surface area contributed by atoms with Gasteiger partial charge in [-0.3, -0.25) is 9.58 Å². The van der Waals surface area contributed by atoms with Crippen LogP contribution >= 0.6 is 0 Å². The van der Waals surface area contributed by atoms with Crippen LogP contribution in [-0.2, 0) is 28.9 Å². The molecule has 1 aromatic heterocycles. The first-order valence-electron chi connectivity index (χ1n) is 8.58. The summed E-state index contributed by atoms with van der Waals surface area (Å²) in [7, 11) is 0. The molecule has 0 aliphatic heterocycles. The first kappa shape index (κ1) is 19.7. The van der Waals surface area contributed by atoms with E-state index in [9.17, 15) is 27.9 Å². The summed E-state index contributed by atoms with van der Waals surface area (Å²) in [5.74, 6) is -1.34. The lowest BCUT2D eigenvalue weighted by atomic mass is 10.2. The first-order valence-corrected chi connectivity index (χ1v) is 8.58. The van der Waals surface area contributed by atoms with Crippen LogP contribution < -0.4 is 0 Å². The van der Waals surface area contributed by atoms with Gasteiger partial charge in [0.2, 0.25) is 0 Å². The van der Waals surface area contributed by atoms with Crippen molar-refractivity contribution >= 4 is 12.1 Å². The van der Waals surface area contributed by atoms with Crippen molar-refractivity contribution in [2.75, 3.05) is 0 Å². The largest absolute Gasteiger partial charge is 0.480 e. The SMILES string of the molecule is O=C(O)C(Cn1ccc(C(F)(F)F)n1)N(C(=O)OCc1ccccc1)C1CC1. The zero-order valence-corrected chi connectivity index (χ0v) is 14.7. The van der Waals surface area contributed by atoms with Gasteiger partial charge in [0.05, 0.1) is 6.54 Å². The van der Waals surface area contributed by atoms with E-state index in [1.54, 1.807) is 24.3 Å². The highest BCUT2D eigenvalue weighted by atomic mass is 19.4. The van der Waals surface area contributed by atoms with E-state index in [-0.39, 0.29) is 12.6 Å². The minimum Gasteiger partial charge on any atom is -0.480 e. The Bertz CT molecular complexity index is 834. The number of carboxylic acids is 1. The van der Waals surface area contributed by atoms with E-state index in [4.69, 9.17) is 4.74 Å². The van der Waals surface area contributed by atoms with Crippen molar-refractivity contribution in [3.8, 4) is 0 Å². The number of carbonyl (C=O) groups is 2. The summed E-state index contributed by atoms with van der Waals surface area (Å²) in [5.41, 5.74) is -0.387. The molecule has 150 valence electrons. The van der Waals surface area contributed by atoms with Crippen LogP contribution in [0.15, 0.2) is 42.6 Å². The van der Waals surface area contributed by atoms with Gasteiger partial charge in [-0.05, 0) is 24.5 Å². The average Bonchev–Trinajstić information content (AvgIpc) is 3.35. The van der Waals surface area contributed by atoms with E-state index in [1.165, 1.54) is 0 Å². The fraction of sp³-hybridized carbons (Fsp3) is 0.389. The highest BCUT2D eigenvalue weighted by Gasteiger charge is 2.42. The van der Waals surface area contributed by atoms with Crippen molar-refractivity contribution in [2.24, 2.45) is 0 Å². The van der Waals surface area contributed by atoms with Crippen LogP contribution in [0.2, 0.25) is 0 Å². The fourth-order valence-corrected chi connectivity index (χ4v) is 2.75. The number of aliphatic carboxylic acids is 1. The smallest absolute Gasteiger partial charge is 0.435 e. The Morgan fingerprint density at radius 3 is 2.46 bits per heavy atom. The molecule has 1 fully saturated rings. The average molecular weight is 397 g/mol. The second-order valence-electron chi connectivity index (χ2n) is 6.45. The Labute approximate surface area is 158 Å². The molecule has 3 rings (SSSR count). The molecule has 1 amide bonds. The van der Waals surface area contributed by atoms with Gasteiger partial charge in [0.25, 0.3) is 0 Å². The van der Waals surface area contributed by atoms with E-state index < -0.39 is 36.5 Å². The zero-order chi connectivity index (χ0) is 20.3. The molecule has 1 heterocycles. The molecular weight excluding hydrogens is 379 g/mol. The predicted molar refractivity (Wildman–Crippen MR) is 90.1 cm³/mol. The maximum absolute atomic E-state index is 12.7. The van der Waals surface area contributed by atoms with Gasteiger partial charge in [-0.15, -0.1) is 0 Å². The van der Waals surface area contributed by atoms with Gasteiger partial charge < -0.3 is 9.84 Å². The van der Waals surface area contributed by atoms with Crippen molar-refractivity contribution < 1.29 is 32.6 Å². The highest BCUT2D eigenvalue weighted by Crippen LogP contribution is 2.31. The minimum atomic E-state index is -4.63. The highest BCUT2D eigenvalue weighted by molar-refractivity contribution is 5.80. The van der Waals surface area contributed by atoms with Crippen molar-refractivity contribution in [2.45, 2.75) is 44.3 Å². The number of rotatable bonds is 7. The van der Waals surface area contributed by atoms with Crippen LogP contribution in [0, 0.1) is 0 Å². The molecule has 0 spiro atoms. The Kier molecular flexibility index (Phi) is 5.57. The monoisotopic (exact) mass is 397 g/mol. The van der Waals surface area contributed by atoms with E-state index in [2.05, 4.69) is 5.10 Å². The predicted octanol–water partition coefficient (Wildman–Crippen LogP) is 3.16. The van der Waals surface area contributed by atoms with Crippen LogP contribution in [0.4, 0.5) is 18.0 Å². The molecule has 0 saturated heterocycles. The number of nitrogens with zero attached hydrogens (tertiary/aromatic N) is 3. The summed E-state index contributed by atoms with van der Waals surface area (Å²) in [6, 6.07) is 7.92. The number of carboxylic acid groups (broad SMARTS) is 1. The molecule has 1 aliphatic rings. The van der Waals surface area contributed by atoms with Gasteiger partial charge in [0.15, 0.2) is 11.7 Å². The third-order valence-corrected chi connectivity index (χ3v) is 4.27. The molecule has 1 aromatic carbocycles. The summed E-state index contributed by atoms with van der Waals surface area (Å²) in [6.07, 6.45) is -3.19. The van der Waals surface area contributed by atoms with Gasteiger partial charge in [0, 0.05) is 12.2 Å². The van der Waals surface area contributed by atoms with E-state index in [0.717, 1.165) is 27.4 Å². The van der Waals surface area contributed by atoms with Crippen LogP contribution in [0.5, 0.6) is 0 Å². The Morgan fingerprint density at radius 2 is 1.93 bits per heavy atom. The standard InChI is InChI=1S/C18H18F3N3O4/c19-18(20,21)15-8-9-23(22-15)10-14(16(25)26)24(13-6-7-13)17(27)28-11-12-4-2-1-3-5-12/h1-5,8-9,13-14H,6-7,10-11H2,(H,25,26). The van der Waals surface area contributed by atoms with Crippen LogP contribution in [0.1, 0.15) is 24.1 Å². The van der Waals surface area contributed by atoms with Crippen LogP contribution in [0.25, 0.3) is 0 Å². The summed E-state index contributed by atoms with van der Waals surface area (Å²) in [6.45, 7) is -0.447. The molecule has 0 radical (unpaired) electrons. The number of hydrogen-bond donors (Lipinski definition) is 1. The summed E-state index contributed by atoms with van der Waals surface area (Å²) in [4.78, 5) is 25.4. The lowest BCUT2D eigenvalue weighted by Gasteiger charge is -2.28. The number of amides is 1. The van der Waals surface area contributed by atoms with Crippen LogP contribution in [-0.4, -0.2) is 43.9 Å². The quantitative estimate of drug-likeness (QED) is 0.776. The van der Waals surface area contributed by atoms with Gasteiger partial charge in [-0.2, -0.15) is 18.3 Å². The number of carbonyl (C=O) groups excluding carboxylic acids is 1. The van der Waals surface area contributed by atoms with Crippen LogP contribution in [0.3, 0.4) is 0 Å². The Hall–Kier alpha value is -3.04. The lowest BCUT2D eigenvalue weighted by Crippen LogP contribution is -2.49. The second kappa shape index (κ2) is 7.91. The molecule has 0 bridgehead atoms. The molecule has 28 heavy (non-hydrogen) atoms. The molecule has 1 N–H and O–H groups in total.